The van der Waals surface area contributed by atoms with Gasteiger partial charge in [0.2, 0.25) is 10.0 Å². The van der Waals surface area contributed by atoms with Crippen molar-refractivity contribution in [1.82, 2.24) is 19.8 Å². The van der Waals surface area contributed by atoms with Crippen molar-refractivity contribution in [2.45, 2.75) is 36.8 Å². The van der Waals surface area contributed by atoms with E-state index in [1.54, 1.807) is 23.5 Å². The van der Waals surface area contributed by atoms with Crippen LogP contribution in [0.15, 0.2) is 34.2 Å². The highest BCUT2D eigenvalue weighted by Crippen LogP contribution is 2.24. The van der Waals surface area contributed by atoms with Gasteiger partial charge in [-0.1, -0.05) is 18.2 Å². The van der Waals surface area contributed by atoms with E-state index in [9.17, 15) is 8.42 Å². The highest BCUT2D eigenvalue weighted by molar-refractivity contribution is 14.0. The Labute approximate surface area is 197 Å². The predicted molar refractivity (Wildman–Crippen MR) is 130 cm³/mol. The third-order valence-electron chi connectivity index (χ3n) is 5.65. The molecule has 0 radical (unpaired) electrons. The van der Waals surface area contributed by atoms with Crippen LogP contribution in [-0.4, -0.2) is 82.6 Å². The van der Waals surface area contributed by atoms with E-state index < -0.39 is 10.0 Å². The minimum absolute atomic E-state index is 0. The quantitative estimate of drug-likeness (QED) is 0.317. The molecule has 8 nitrogen and oxygen atoms in total. The van der Waals surface area contributed by atoms with Crippen molar-refractivity contribution in [3.8, 4) is 0 Å². The second kappa shape index (κ2) is 11.1. The standard InChI is InChI=1S/C20H33N5O3S.HI/c1-20(9-6-14-28-20)16-23-19(21-2)22-15-17-7-4-5-8-18(17)29(26,27)25-12-10-24(3)11-13-25;/h4-5,7-8H,6,9-16H2,1-3H3,(H2,21,22,23);1H. The number of hydrogen-bond donors (Lipinski definition) is 2. The number of sulfonamides is 1. The highest BCUT2D eigenvalue weighted by Gasteiger charge is 2.30. The van der Waals surface area contributed by atoms with Crippen molar-refractivity contribution in [3.63, 3.8) is 0 Å². The lowest BCUT2D eigenvalue weighted by Gasteiger charge is -2.32. The van der Waals surface area contributed by atoms with Gasteiger partial charge in [-0.2, -0.15) is 4.31 Å². The molecule has 2 saturated heterocycles. The molecule has 30 heavy (non-hydrogen) atoms. The first kappa shape index (κ1) is 25.3. The number of piperazine rings is 1. The van der Waals surface area contributed by atoms with E-state index in [0.717, 1.165) is 38.1 Å². The SMILES string of the molecule is CN=C(NCc1ccccc1S(=O)(=O)N1CCN(C)CC1)NCC1(C)CCCO1.I. The average Bonchev–Trinajstić information content (AvgIpc) is 3.15. The van der Waals surface area contributed by atoms with Gasteiger partial charge in [-0.05, 0) is 38.4 Å². The van der Waals surface area contributed by atoms with Crippen molar-refractivity contribution in [3.05, 3.63) is 29.8 Å². The molecule has 2 aliphatic heterocycles. The number of ether oxygens (including phenoxy) is 1. The van der Waals surface area contributed by atoms with Gasteiger partial charge in [0.15, 0.2) is 5.96 Å². The predicted octanol–water partition coefficient (Wildman–Crippen LogP) is 1.47. The Hall–Kier alpha value is -0.950. The molecular weight excluding hydrogens is 517 g/mol. The fraction of sp³-hybridized carbons (Fsp3) is 0.650. The van der Waals surface area contributed by atoms with E-state index in [4.69, 9.17) is 4.74 Å². The highest BCUT2D eigenvalue weighted by atomic mass is 127. The number of nitrogens with zero attached hydrogens (tertiary/aromatic N) is 3. The third kappa shape index (κ3) is 6.28. The summed E-state index contributed by atoms with van der Waals surface area (Å²) in [5.74, 6) is 0.633. The maximum absolute atomic E-state index is 13.2. The van der Waals surface area contributed by atoms with Crippen LogP contribution in [0.4, 0.5) is 0 Å². The van der Waals surface area contributed by atoms with Crippen molar-refractivity contribution in [1.29, 1.82) is 0 Å². The maximum Gasteiger partial charge on any atom is 0.243 e. The van der Waals surface area contributed by atoms with Gasteiger partial charge in [-0.15, -0.1) is 24.0 Å². The van der Waals surface area contributed by atoms with Gasteiger partial charge in [-0.25, -0.2) is 8.42 Å². The molecule has 0 bridgehead atoms. The Kier molecular flexibility index (Phi) is 9.34. The Morgan fingerprint density at radius 2 is 1.90 bits per heavy atom. The monoisotopic (exact) mass is 551 g/mol. The number of hydrogen-bond acceptors (Lipinski definition) is 5. The van der Waals surface area contributed by atoms with E-state index >= 15 is 0 Å². The smallest absolute Gasteiger partial charge is 0.243 e. The van der Waals surface area contributed by atoms with Crippen molar-refractivity contribution < 1.29 is 13.2 Å². The van der Waals surface area contributed by atoms with Crippen LogP contribution in [0.3, 0.4) is 0 Å². The van der Waals surface area contributed by atoms with Gasteiger partial charge >= 0.3 is 0 Å². The zero-order valence-corrected chi connectivity index (χ0v) is 21.2. The van der Waals surface area contributed by atoms with Gasteiger partial charge in [0.25, 0.3) is 0 Å². The summed E-state index contributed by atoms with van der Waals surface area (Å²) in [6.07, 6.45) is 2.09. The first-order chi connectivity index (χ1) is 13.8. The fourth-order valence-electron chi connectivity index (χ4n) is 3.72. The summed E-state index contributed by atoms with van der Waals surface area (Å²) in [7, 11) is 0.200. The molecule has 2 N–H and O–H groups in total. The summed E-state index contributed by atoms with van der Waals surface area (Å²) < 4.78 is 33.8. The number of benzene rings is 1. The molecule has 1 aromatic rings. The normalized spacial score (nSPS) is 23.8. The summed E-state index contributed by atoms with van der Waals surface area (Å²) in [4.78, 5) is 6.76. The lowest BCUT2D eigenvalue weighted by molar-refractivity contribution is 0.0243. The molecule has 1 unspecified atom stereocenters. The summed E-state index contributed by atoms with van der Waals surface area (Å²) in [5, 5.41) is 6.54. The zero-order valence-electron chi connectivity index (χ0n) is 18.1. The number of nitrogens with one attached hydrogen (secondary N) is 2. The average molecular weight is 551 g/mol. The van der Waals surface area contributed by atoms with Crippen molar-refractivity contribution >= 4 is 40.0 Å². The van der Waals surface area contributed by atoms with Crippen LogP contribution in [0.25, 0.3) is 0 Å². The summed E-state index contributed by atoms with van der Waals surface area (Å²) in [6, 6.07) is 7.18. The van der Waals surface area contributed by atoms with E-state index in [0.29, 0.717) is 37.0 Å². The van der Waals surface area contributed by atoms with Gasteiger partial charge in [0.05, 0.1) is 10.5 Å². The molecular formula is C20H34IN5O3S. The fourth-order valence-corrected chi connectivity index (χ4v) is 5.36. The Balaban J connectivity index is 0.00000320. The van der Waals surface area contributed by atoms with Crippen LogP contribution < -0.4 is 10.6 Å². The van der Waals surface area contributed by atoms with Crippen LogP contribution in [0.2, 0.25) is 0 Å². The van der Waals surface area contributed by atoms with Crippen LogP contribution in [0.5, 0.6) is 0 Å². The van der Waals surface area contributed by atoms with Gasteiger partial charge in [0, 0.05) is 52.9 Å². The molecule has 10 heteroatoms. The van der Waals surface area contributed by atoms with Crippen molar-refractivity contribution in [2.24, 2.45) is 4.99 Å². The number of halogens is 1. The van der Waals surface area contributed by atoms with Crippen LogP contribution in [-0.2, 0) is 21.3 Å². The molecule has 0 aromatic heterocycles. The van der Waals surface area contributed by atoms with Gasteiger partial charge in [0.1, 0.15) is 0 Å². The molecule has 2 heterocycles. The Morgan fingerprint density at radius 1 is 1.20 bits per heavy atom. The number of guanidine groups is 1. The minimum Gasteiger partial charge on any atom is -0.373 e. The zero-order chi connectivity index (χ0) is 20.9. The van der Waals surface area contributed by atoms with Crippen molar-refractivity contribution in [2.75, 3.05) is 53.4 Å². The summed E-state index contributed by atoms with van der Waals surface area (Å²) in [6.45, 7) is 6.45. The first-order valence-electron chi connectivity index (χ1n) is 10.2. The molecule has 0 saturated carbocycles. The minimum atomic E-state index is -3.52. The third-order valence-corrected chi connectivity index (χ3v) is 7.65. The molecule has 0 aliphatic carbocycles. The summed E-state index contributed by atoms with van der Waals surface area (Å²) in [5.41, 5.74) is 0.554. The number of aliphatic imine (C=N–C) groups is 1. The lowest BCUT2D eigenvalue weighted by Crippen LogP contribution is -2.47. The molecule has 3 rings (SSSR count). The van der Waals surface area contributed by atoms with Crippen LogP contribution >= 0.6 is 24.0 Å². The van der Waals surface area contributed by atoms with E-state index in [1.165, 1.54) is 0 Å². The van der Waals surface area contributed by atoms with E-state index in [-0.39, 0.29) is 29.6 Å². The number of rotatable bonds is 6. The molecule has 2 fully saturated rings. The summed E-state index contributed by atoms with van der Waals surface area (Å²) >= 11 is 0. The largest absolute Gasteiger partial charge is 0.373 e. The van der Waals surface area contributed by atoms with Gasteiger partial charge < -0.3 is 20.3 Å². The Morgan fingerprint density at radius 3 is 2.53 bits per heavy atom. The molecule has 1 aromatic carbocycles. The second-order valence-corrected chi connectivity index (χ2v) is 9.90. The molecule has 0 spiro atoms. The topological polar surface area (TPSA) is 86.3 Å². The molecule has 0 amide bonds. The van der Waals surface area contributed by atoms with Crippen LogP contribution in [0, 0.1) is 0 Å². The van der Waals surface area contributed by atoms with Crippen LogP contribution in [0.1, 0.15) is 25.3 Å². The first-order valence-corrected chi connectivity index (χ1v) is 11.6. The maximum atomic E-state index is 13.2. The molecule has 1 atom stereocenters. The molecule has 2 aliphatic rings. The molecule has 170 valence electrons. The van der Waals surface area contributed by atoms with Gasteiger partial charge in [-0.3, -0.25) is 4.99 Å². The van der Waals surface area contributed by atoms with E-state index in [2.05, 4.69) is 27.4 Å². The number of likely N-dealkylation sites (N-methyl/N-ethyl adjacent to an activating group) is 1. The Bertz CT molecular complexity index is 819. The second-order valence-electron chi connectivity index (χ2n) is 8.00. The lowest BCUT2D eigenvalue weighted by atomic mass is 10.0. The van der Waals surface area contributed by atoms with E-state index in [1.807, 2.05) is 19.2 Å².